The van der Waals surface area contributed by atoms with E-state index in [4.69, 9.17) is 0 Å². The van der Waals surface area contributed by atoms with Crippen LogP contribution in [0.2, 0.25) is 0 Å². The predicted octanol–water partition coefficient (Wildman–Crippen LogP) is 0.386. The number of nitrogens with zero attached hydrogens (tertiary/aromatic N) is 1. The monoisotopic (exact) mass is 272 g/mol. The minimum absolute atomic E-state index is 0.0529. The fourth-order valence-corrected chi connectivity index (χ4v) is 2.15. The molecule has 0 fully saturated rings. The Balaban J connectivity index is 1.72. The van der Waals surface area contributed by atoms with Crippen molar-refractivity contribution in [2.24, 2.45) is 5.10 Å². The molecule has 2 aliphatic rings. The molecule has 0 radical (unpaired) electrons. The van der Waals surface area contributed by atoms with E-state index in [9.17, 15) is 14.4 Å². The normalized spacial score (nSPS) is 16.9. The van der Waals surface area contributed by atoms with Crippen LogP contribution in [0.25, 0.3) is 0 Å². The molecule has 1 aromatic carbocycles. The van der Waals surface area contributed by atoms with Gasteiger partial charge in [-0.2, -0.15) is 5.10 Å². The lowest BCUT2D eigenvalue weighted by Gasteiger charge is -2.12. The number of carbonyl (C=O) groups is 3. The summed E-state index contributed by atoms with van der Waals surface area (Å²) in [4.78, 5) is 34.2. The molecular formula is C13H12N4O3. The van der Waals surface area contributed by atoms with Gasteiger partial charge in [0.1, 0.15) is 5.71 Å². The van der Waals surface area contributed by atoms with Gasteiger partial charge >= 0.3 is 0 Å². The highest BCUT2D eigenvalue weighted by atomic mass is 16.2. The maximum Gasteiger partial charge on any atom is 0.271 e. The molecule has 2 aliphatic heterocycles. The summed E-state index contributed by atoms with van der Waals surface area (Å²) in [5.74, 6) is -0.589. The number of carbonyl (C=O) groups excluding carboxylic acids is 3. The van der Waals surface area contributed by atoms with Gasteiger partial charge in [-0.1, -0.05) is 0 Å². The zero-order valence-electron chi connectivity index (χ0n) is 10.5. The van der Waals surface area contributed by atoms with Gasteiger partial charge in [-0.25, -0.2) is 5.43 Å². The number of benzene rings is 1. The molecule has 0 saturated heterocycles. The van der Waals surface area contributed by atoms with Crippen molar-refractivity contribution in [1.82, 2.24) is 5.43 Å². The zero-order valence-corrected chi connectivity index (χ0v) is 10.5. The summed E-state index contributed by atoms with van der Waals surface area (Å²) in [6.45, 7) is 0. The van der Waals surface area contributed by atoms with E-state index < -0.39 is 0 Å². The molecule has 0 saturated carbocycles. The smallest absolute Gasteiger partial charge is 0.271 e. The Morgan fingerprint density at radius 2 is 2.05 bits per heavy atom. The van der Waals surface area contributed by atoms with Crippen molar-refractivity contribution in [1.29, 1.82) is 0 Å². The molecule has 0 spiro atoms. The molecule has 0 unspecified atom stereocenters. The van der Waals surface area contributed by atoms with Gasteiger partial charge in [0.25, 0.3) is 5.91 Å². The Hall–Kier alpha value is -2.70. The van der Waals surface area contributed by atoms with E-state index in [0.717, 1.165) is 11.3 Å². The lowest BCUT2D eigenvalue weighted by atomic mass is 10.1. The second kappa shape index (κ2) is 4.76. The van der Waals surface area contributed by atoms with Crippen LogP contribution in [0.5, 0.6) is 0 Å². The number of rotatable bonds is 2. The molecule has 3 amide bonds. The number of hydrazone groups is 1. The van der Waals surface area contributed by atoms with E-state index in [0.29, 0.717) is 24.2 Å². The minimum atomic E-state index is -0.345. The number of hydrogen-bond donors (Lipinski definition) is 3. The number of anilines is 2. The first-order chi connectivity index (χ1) is 9.61. The highest BCUT2D eigenvalue weighted by Crippen LogP contribution is 2.26. The van der Waals surface area contributed by atoms with Crippen LogP contribution in [-0.2, 0) is 20.8 Å². The Bertz CT molecular complexity index is 651. The Morgan fingerprint density at radius 3 is 2.80 bits per heavy atom. The Kier molecular flexibility index (Phi) is 2.94. The molecule has 1 aromatic rings. The first-order valence-electron chi connectivity index (χ1n) is 6.21. The summed E-state index contributed by atoms with van der Waals surface area (Å²) in [6.07, 6.45) is 0.896. The quantitative estimate of drug-likeness (QED) is 0.726. The Morgan fingerprint density at radius 1 is 1.20 bits per heavy atom. The largest absolute Gasteiger partial charge is 0.326 e. The predicted molar refractivity (Wildman–Crippen MR) is 72.2 cm³/mol. The topological polar surface area (TPSA) is 99.7 Å². The van der Waals surface area contributed by atoms with Gasteiger partial charge in [0, 0.05) is 24.2 Å². The van der Waals surface area contributed by atoms with Crippen molar-refractivity contribution in [2.45, 2.75) is 19.3 Å². The summed E-state index contributed by atoms with van der Waals surface area (Å²) in [7, 11) is 0. The van der Waals surface area contributed by atoms with Crippen LogP contribution in [0, 0.1) is 0 Å². The van der Waals surface area contributed by atoms with Crippen LogP contribution >= 0.6 is 0 Å². The van der Waals surface area contributed by atoms with Crippen molar-refractivity contribution in [2.75, 3.05) is 10.6 Å². The first kappa shape index (κ1) is 12.3. The van der Waals surface area contributed by atoms with E-state index in [-0.39, 0.29) is 24.1 Å². The average Bonchev–Trinajstić information content (AvgIpc) is 2.78. The van der Waals surface area contributed by atoms with Gasteiger partial charge in [-0.05, 0) is 23.8 Å². The summed E-state index contributed by atoms with van der Waals surface area (Å²) in [5, 5.41) is 9.16. The van der Waals surface area contributed by atoms with Crippen molar-refractivity contribution in [3.05, 3.63) is 23.8 Å². The van der Waals surface area contributed by atoms with Gasteiger partial charge < -0.3 is 10.6 Å². The molecule has 0 aromatic heterocycles. The second-order valence-corrected chi connectivity index (χ2v) is 4.64. The summed E-state index contributed by atoms with van der Waals surface area (Å²) < 4.78 is 0. The van der Waals surface area contributed by atoms with E-state index >= 15 is 0 Å². The van der Waals surface area contributed by atoms with Gasteiger partial charge in [0.15, 0.2) is 0 Å². The fourth-order valence-electron chi connectivity index (χ4n) is 2.15. The van der Waals surface area contributed by atoms with E-state index in [1.165, 1.54) is 0 Å². The number of hydrogen-bond acceptors (Lipinski definition) is 4. The van der Waals surface area contributed by atoms with Crippen molar-refractivity contribution in [3.63, 3.8) is 0 Å². The molecule has 3 N–H and O–H groups in total. The van der Waals surface area contributed by atoms with Gasteiger partial charge in [-0.3, -0.25) is 14.4 Å². The van der Waals surface area contributed by atoms with Crippen LogP contribution in [0.4, 0.5) is 11.4 Å². The first-order valence-corrected chi connectivity index (χ1v) is 6.21. The summed E-state index contributed by atoms with van der Waals surface area (Å²) in [5.41, 5.74) is 4.80. The molecule has 3 rings (SSSR count). The standard InChI is InChI=1S/C13H12N4O3/c18-11-4-3-10(16-17-11)13(20)14-8-1-2-9-7(5-8)6-12(19)15-9/h1-2,5H,3-4,6H2,(H,14,20)(H,15,19)(H,17,18). The SMILES string of the molecule is O=C1CCC(C(=O)Nc2ccc3c(c2)CC(=O)N3)=NN1. The van der Waals surface area contributed by atoms with Crippen LogP contribution in [0.15, 0.2) is 23.3 Å². The minimum Gasteiger partial charge on any atom is -0.326 e. The average molecular weight is 272 g/mol. The van der Waals surface area contributed by atoms with Gasteiger partial charge in [-0.15, -0.1) is 0 Å². The van der Waals surface area contributed by atoms with E-state index in [1.54, 1.807) is 18.2 Å². The third kappa shape index (κ3) is 2.37. The fraction of sp³-hybridized carbons (Fsp3) is 0.231. The lowest BCUT2D eigenvalue weighted by Crippen LogP contribution is -2.32. The van der Waals surface area contributed by atoms with Crippen molar-refractivity contribution < 1.29 is 14.4 Å². The van der Waals surface area contributed by atoms with Gasteiger partial charge in [0.2, 0.25) is 11.8 Å². The molecule has 7 heteroatoms. The number of amides is 3. The third-order valence-electron chi connectivity index (χ3n) is 3.15. The molecule has 20 heavy (non-hydrogen) atoms. The van der Waals surface area contributed by atoms with E-state index in [1.807, 2.05) is 0 Å². The molecule has 2 heterocycles. The van der Waals surface area contributed by atoms with Crippen molar-refractivity contribution in [3.8, 4) is 0 Å². The van der Waals surface area contributed by atoms with E-state index in [2.05, 4.69) is 21.2 Å². The van der Waals surface area contributed by atoms with Crippen LogP contribution in [0.1, 0.15) is 18.4 Å². The number of nitrogens with one attached hydrogen (secondary N) is 3. The summed E-state index contributed by atoms with van der Waals surface area (Å²) >= 11 is 0. The zero-order chi connectivity index (χ0) is 14.1. The number of fused-ring (bicyclic) bond motifs is 1. The van der Waals surface area contributed by atoms with Crippen LogP contribution in [0.3, 0.4) is 0 Å². The van der Waals surface area contributed by atoms with Crippen LogP contribution < -0.4 is 16.1 Å². The lowest BCUT2D eigenvalue weighted by molar-refractivity contribution is -0.121. The maximum absolute atomic E-state index is 12.0. The highest BCUT2D eigenvalue weighted by Gasteiger charge is 2.20. The van der Waals surface area contributed by atoms with Crippen molar-refractivity contribution >= 4 is 34.8 Å². The molecule has 102 valence electrons. The molecular weight excluding hydrogens is 260 g/mol. The molecule has 7 nitrogen and oxygen atoms in total. The second-order valence-electron chi connectivity index (χ2n) is 4.64. The molecule has 0 atom stereocenters. The molecule has 0 aliphatic carbocycles. The molecule has 0 bridgehead atoms. The maximum atomic E-state index is 12.0. The van der Waals surface area contributed by atoms with Gasteiger partial charge in [0.05, 0.1) is 6.42 Å². The third-order valence-corrected chi connectivity index (χ3v) is 3.15. The Labute approximate surface area is 114 Å². The highest BCUT2D eigenvalue weighted by molar-refractivity contribution is 6.43. The van der Waals surface area contributed by atoms with Crippen LogP contribution in [-0.4, -0.2) is 23.4 Å². The summed E-state index contributed by atoms with van der Waals surface area (Å²) in [6, 6.07) is 5.22.